The van der Waals surface area contributed by atoms with Gasteiger partial charge >= 0.3 is 5.97 Å². The highest BCUT2D eigenvalue weighted by Crippen LogP contribution is 2.30. The van der Waals surface area contributed by atoms with E-state index in [2.05, 4.69) is 9.97 Å². The first kappa shape index (κ1) is 15.1. The number of hydrogen-bond acceptors (Lipinski definition) is 3. The zero-order chi connectivity index (χ0) is 16.6. The summed E-state index contributed by atoms with van der Waals surface area (Å²) in [6.45, 7) is 1.70. The SMILES string of the molecule is CCC(C(=O)O)n1c(-c2ccccn2)nc2cc(F)c(F)cc21. The predicted molar refractivity (Wildman–Crippen MR) is 79.8 cm³/mol. The number of carboxylic acid groups (broad SMARTS) is 1. The second-order valence-electron chi connectivity index (χ2n) is 5.04. The maximum atomic E-state index is 13.6. The van der Waals surface area contributed by atoms with Crippen molar-refractivity contribution in [2.75, 3.05) is 0 Å². The van der Waals surface area contributed by atoms with Crippen LogP contribution in [0, 0.1) is 11.6 Å². The first-order valence-corrected chi connectivity index (χ1v) is 7.04. The Morgan fingerprint density at radius 3 is 2.65 bits per heavy atom. The van der Waals surface area contributed by atoms with Gasteiger partial charge in [-0.15, -0.1) is 0 Å². The van der Waals surface area contributed by atoms with Crippen molar-refractivity contribution in [1.29, 1.82) is 0 Å². The van der Waals surface area contributed by atoms with Gasteiger partial charge in [0.05, 0.1) is 11.0 Å². The fraction of sp³-hybridized carbons (Fsp3) is 0.188. The summed E-state index contributed by atoms with van der Waals surface area (Å²) in [6, 6.07) is 6.08. The number of aliphatic carboxylic acids is 1. The Morgan fingerprint density at radius 2 is 2.04 bits per heavy atom. The molecule has 1 unspecified atom stereocenters. The van der Waals surface area contributed by atoms with Crippen molar-refractivity contribution in [3.05, 3.63) is 48.2 Å². The summed E-state index contributed by atoms with van der Waals surface area (Å²) in [5, 5.41) is 9.46. The molecule has 118 valence electrons. The highest BCUT2D eigenvalue weighted by atomic mass is 19.2. The Labute approximate surface area is 130 Å². The smallest absolute Gasteiger partial charge is 0.326 e. The van der Waals surface area contributed by atoms with Gasteiger partial charge in [0.2, 0.25) is 0 Å². The van der Waals surface area contributed by atoms with E-state index in [4.69, 9.17) is 0 Å². The summed E-state index contributed by atoms with van der Waals surface area (Å²) in [5.41, 5.74) is 0.840. The number of pyridine rings is 1. The molecule has 0 aliphatic carbocycles. The molecular formula is C16H13F2N3O2. The van der Waals surface area contributed by atoms with Gasteiger partial charge in [-0.1, -0.05) is 13.0 Å². The minimum Gasteiger partial charge on any atom is -0.480 e. The average Bonchev–Trinajstić information content (AvgIpc) is 2.88. The monoisotopic (exact) mass is 317 g/mol. The van der Waals surface area contributed by atoms with E-state index in [1.165, 1.54) is 4.57 Å². The number of aromatic nitrogens is 3. The van der Waals surface area contributed by atoms with Gasteiger partial charge < -0.3 is 9.67 Å². The van der Waals surface area contributed by atoms with Gasteiger partial charge in [-0.25, -0.2) is 18.6 Å². The Morgan fingerprint density at radius 1 is 1.30 bits per heavy atom. The molecule has 0 saturated carbocycles. The lowest BCUT2D eigenvalue weighted by molar-refractivity contribution is -0.140. The summed E-state index contributed by atoms with van der Waals surface area (Å²) in [4.78, 5) is 20.0. The number of nitrogens with zero attached hydrogens (tertiary/aromatic N) is 3. The van der Waals surface area contributed by atoms with Crippen LogP contribution < -0.4 is 0 Å². The van der Waals surface area contributed by atoms with E-state index < -0.39 is 23.6 Å². The van der Waals surface area contributed by atoms with Crippen molar-refractivity contribution in [3.8, 4) is 11.5 Å². The van der Waals surface area contributed by atoms with Gasteiger partial charge in [0, 0.05) is 18.3 Å². The standard InChI is InChI=1S/C16H13F2N3O2/c1-2-13(16(22)23)21-14-8-10(18)9(17)7-12(14)20-15(21)11-5-3-4-6-19-11/h3-8,13H,2H2,1H3,(H,22,23). The third-order valence-corrected chi connectivity index (χ3v) is 3.61. The first-order valence-electron chi connectivity index (χ1n) is 7.04. The van der Waals surface area contributed by atoms with Crippen LogP contribution >= 0.6 is 0 Å². The van der Waals surface area contributed by atoms with Gasteiger partial charge in [0.1, 0.15) is 11.7 Å². The molecule has 0 spiro atoms. The van der Waals surface area contributed by atoms with Crippen molar-refractivity contribution in [3.63, 3.8) is 0 Å². The Hall–Kier alpha value is -2.83. The lowest BCUT2D eigenvalue weighted by Gasteiger charge is -2.16. The molecule has 2 heterocycles. The molecule has 0 aliphatic rings. The molecule has 0 bridgehead atoms. The van der Waals surface area contributed by atoms with E-state index in [0.717, 1.165) is 12.1 Å². The van der Waals surface area contributed by atoms with Crippen LogP contribution in [0.1, 0.15) is 19.4 Å². The molecule has 3 rings (SSSR count). The van der Waals surface area contributed by atoms with Crippen molar-refractivity contribution in [2.24, 2.45) is 0 Å². The largest absolute Gasteiger partial charge is 0.480 e. The molecule has 1 aromatic carbocycles. The van der Waals surface area contributed by atoms with Crippen molar-refractivity contribution >= 4 is 17.0 Å². The summed E-state index contributed by atoms with van der Waals surface area (Å²) in [6.07, 6.45) is 1.81. The zero-order valence-electron chi connectivity index (χ0n) is 12.2. The van der Waals surface area contributed by atoms with Crippen LogP contribution in [-0.2, 0) is 4.79 Å². The molecule has 3 aromatic rings. The molecule has 23 heavy (non-hydrogen) atoms. The Bertz CT molecular complexity index is 878. The summed E-state index contributed by atoms with van der Waals surface area (Å²) in [7, 11) is 0. The molecule has 2 aromatic heterocycles. The third kappa shape index (κ3) is 2.54. The van der Waals surface area contributed by atoms with Crippen LogP contribution in [-0.4, -0.2) is 25.6 Å². The fourth-order valence-corrected chi connectivity index (χ4v) is 2.55. The van der Waals surface area contributed by atoms with Gasteiger partial charge in [-0.3, -0.25) is 4.98 Å². The third-order valence-electron chi connectivity index (χ3n) is 3.61. The van der Waals surface area contributed by atoms with Crippen LogP contribution in [0.5, 0.6) is 0 Å². The van der Waals surface area contributed by atoms with Crippen LogP contribution in [0.3, 0.4) is 0 Å². The zero-order valence-corrected chi connectivity index (χ0v) is 12.2. The topological polar surface area (TPSA) is 68.0 Å². The minimum atomic E-state index is -1.08. The average molecular weight is 317 g/mol. The number of halogens is 2. The Balaban J connectivity index is 2.36. The molecule has 1 N–H and O–H groups in total. The van der Waals surface area contributed by atoms with Gasteiger partial charge in [0.15, 0.2) is 17.5 Å². The molecule has 0 saturated heterocycles. The van der Waals surface area contributed by atoms with E-state index >= 15 is 0 Å². The molecule has 0 radical (unpaired) electrons. The normalized spacial score (nSPS) is 12.5. The van der Waals surface area contributed by atoms with Crippen molar-refractivity contribution < 1.29 is 18.7 Å². The summed E-state index contributed by atoms with van der Waals surface area (Å²) in [5.74, 6) is -2.89. The highest BCUT2D eigenvalue weighted by Gasteiger charge is 2.25. The van der Waals surface area contributed by atoms with Crippen LogP contribution in [0.25, 0.3) is 22.6 Å². The number of rotatable bonds is 4. The van der Waals surface area contributed by atoms with Gasteiger partial charge in [-0.2, -0.15) is 0 Å². The maximum absolute atomic E-state index is 13.6. The molecule has 1 atom stereocenters. The van der Waals surface area contributed by atoms with E-state index in [0.29, 0.717) is 5.69 Å². The van der Waals surface area contributed by atoms with Crippen LogP contribution in [0.4, 0.5) is 8.78 Å². The van der Waals surface area contributed by atoms with Crippen molar-refractivity contribution in [1.82, 2.24) is 14.5 Å². The second-order valence-corrected chi connectivity index (χ2v) is 5.04. The van der Waals surface area contributed by atoms with E-state index in [1.54, 1.807) is 31.3 Å². The first-order chi connectivity index (χ1) is 11.0. The van der Waals surface area contributed by atoms with Crippen LogP contribution in [0.15, 0.2) is 36.5 Å². The van der Waals surface area contributed by atoms with Crippen molar-refractivity contribution in [2.45, 2.75) is 19.4 Å². The van der Waals surface area contributed by atoms with E-state index in [9.17, 15) is 18.7 Å². The lowest BCUT2D eigenvalue weighted by Crippen LogP contribution is -2.19. The second kappa shape index (κ2) is 5.75. The van der Waals surface area contributed by atoms with Gasteiger partial charge in [-0.05, 0) is 18.6 Å². The molecular weight excluding hydrogens is 304 g/mol. The number of carbonyl (C=O) groups is 1. The summed E-state index contributed by atoms with van der Waals surface area (Å²) < 4.78 is 28.5. The molecule has 0 amide bonds. The number of imidazole rings is 1. The number of hydrogen-bond donors (Lipinski definition) is 1. The number of benzene rings is 1. The lowest BCUT2D eigenvalue weighted by atomic mass is 10.2. The predicted octanol–water partition coefficient (Wildman–Crippen LogP) is 3.41. The quantitative estimate of drug-likeness (QED) is 0.800. The highest BCUT2D eigenvalue weighted by molar-refractivity contribution is 5.84. The Kier molecular flexibility index (Phi) is 3.77. The molecule has 0 fully saturated rings. The van der Waals surface area contributed by atoms with E-state index in [-0.39, 0.29) is 23.3 Å². The summed E-state index contributed by atoms with van der Waals surface area (Å²) >= 11 is 0. The molecule has 5 nitrogen and oxygen atoms in total. The number of fused-ring (bicyclic) bond motifs is 1. The van der Waals surface area contributed by atoms with E-state index in [1.807, 2.05) is 0 Å². The molecule has 0 aliphatic heterocycles. The molecule has 7 heteroatoms. The maximum Gasteiger partial charge on any atom is 0.326 e. The van der Waals surface area contributed by atoms with Crippen LogP contribution in [0.2, 0.25) is 0 Å². The number of carboxylic acids is 1. The fourth-order valence-electron chi connectivity index (χ4n) is 2.55. The minimum absolute atomic E-state index is 0.184. The van der Waals surface area contributed by atoms with Gasteiger partial charge in [0.25, 0.3) is 0 Å².